The Balaban J connectivity index is 0.00000210. The van der Waals surface area contributed by atoms with Gasteiger partial charge in [0.25, 0.3) is 0 Å². The lowest BCUT2D eigenvalue weighted by Crippen LogP contribution is -2.49. The first-order chi connectivity index (χ1) is 12.5. The van der Waals surface area contributed by atoms with E-state index in [2.05, 4.69) is 46.7 Å². The third kappa shape index (κ3) is 4.29. The summed E-state index contributed by atoms with van der Waals surface area (Å²) in [6, 6.07) is 16.4. The summed E-state index contributed by atoms with van der Waals surface area (Å²) in [5.41, 5.74) is 1.18. The van der Waals surface area contributed by atoms with Crippen LogP contribution in [0.1, 0.15) is 30.7 Å². The predicted molar refractivity (Wildman–Crippen MR) is 119 cm³/mol. The normalized spacial score (nSPS) is 27.1. The van der Waals surface area contributed by atoms with Crippen molar-refractivity contribution in [1.82, 2.24) is 4.90 Å². The Bertz CT molecular complexity index is 797. The molecule has 3 nitrogen and oxygen atoms in total. The van der Waals surface area contributed by atoms with Gasteiger partial charge in [-0.25, -0.2) is 0 Å². The zero-order valence-corrected chi connectivity index (χ0v) is 18.7. The number of hydrogen-bond acceptors (Lipinski definition) is 3. The van der Waals surface area contributed by atoms with E-state index in [1.54, 1.807) is 0 Å². The summed E-state index contributed by atoms with van der Waals surface area (Å²) in [5, 5.41) is 0.725. The van der Waals surface area contributed by atoms with Crippen LogP contribution in [0.25, 0.3) is 0 Å². The van der Waals surface area contributed by atoms with Gasteiger partial charge in [0.15, 0.2) is 0 Å². The molecule has 0 saturated carbocycles. The monoisotopic (exact) mass is 517 g/mol. The molecular weight excluding hydrogens is 496 g/mol. The number of carbonyl (C=O) groups excluding carboxylic acids is 1. The maximum atomic E-state index is 13.2. The van der Waals surface area contributed by atoms with Gasteiger partial charge < -0.3 is 4.74 Å². The molecule has 2 aliphatic heterocycles. The molecule has 0 aliphatic carbocycles. The van der Waals surface area contributed by atoms with Crippen molar-refractivity contribution in [3.63, 3.8) is 0 Å². The Kier molecular flexibility index (Phi) is 6.72. The van der Waals surface area contributed by atoms with Gasteiger partial charge in [0.05, 0.1) is 5.92 Å². The largest absolute Gasteiger partial charge is 0.426 e. The van der Waals surface area contributed by atoms with E-state index in [1.807, 2.05) is 36.4 Å². The smallest absolute Gasteiger partial charge is 0.316 e. The highest BCUT2D eigenvalue weighted by Crippen LogP contribution is 2.46. The van der Waals surface area contributed by atoms with Crippen LogP contribution in [0.2, 0.25) is 5.02 Å². The molecule has 2 saturated heterocycles. The van der Waals surface area contributed by atoms with E-state index in [4.69, 9.17) is 16.3 Å². The maximum Gasteiger partial charge on any atom is 0.316 e. The number of rotatable bonds is 3. The molecule has 2 fully saturated rings. The lowest BCUT2D eigenvalue weighted by atomic mass is 9.76. The molecule has 2 aromatic rings. The molecule has 4 unspecified atom stereocenters. The van der Waals surface area contributed by atoms with E-state index in [0.717, 1.165) is 27.9 Å². The van der Waals surface area contributed by atoms with Crippen molar-refractivity contribution in [1.29, 1.82) is 0 Å². The number of esters is 1. The van der Waals surface area contributed by atoms with Crippen molar-refractivity contribution >= 4 is 52.6 Å². The van der Waals surface area contributed by atoms with Crippen molar-refractivity contribution in [2.45, 2.75) is 37.3 Å². The van der Waals surface area contributed by atoms with E-state index < -0.39 is 0 Å². The van der Waals surface area contributed by atoms with Crippen molar-refractivity contribution < 1.29 is 9.53 Å². The Morgan fingerprint density at radius 1 is 1.11 bits per heavy atom. The first-order valence-electron chi connectivity index (χ1n) is 8.97. The van der Waals surface area contributed by atoms with Crippen LogP contribution in [-0.4, -0.2) is 30.0 Å². The van der Waals surface area contributed by atoms with Gasteiger partial charge in [-0.05, 0) is 90.9 Å². The summed E-state index contributed by atoms with van der Waals surface area (Å²) < 4.78 is 6.91. The van der Waals surface area contributed by atoms with Crippen molar-refractivity contribution in [3.05, 3.63) is 62.7 Å². The second kappa shape index (κ2) is 8.68. The molecule has 2 aliphatic rings. The average molecular weight is 518 g/mol. The first-order valence-corrected chi connectivity index (χ1v) is 10.4. The van der Waals surface area contributed by atoms with Crippen molar-refractivity contribution in [2.75, 3.05) is 7.05 Å². The zero-order valence-electron chi connectivity index (χ0n) is 15.0. The van der Waals surface area contributed by atoms with Gasteiger partial charge in [-0.3, -0.25) is 9.69 Å². The highest BCUT2D eigenvalue weighted by Gasteiger charge is 2.49. The molecule has 4 atom stereocenters. The van der Waals surface area contributed by atoms with Crippen LogP contribution in [-0.2, 0) is 4.79 Å². The van der Waals surface area contributed by atoms with Gasteiger partial charge in [0.1, 0.15) is 5.75 Å². The summed E-state index contributed by atoms with van der Waals surface area (Å²) in [6.45, 7) is 0. The number of fused-ring (bicyclic) bond motifs is 2. The Labute approximate surface area is 185 Å². The summed E-state index contributed by atoms with van der Waals surface area (Å²) >= 11 is 8.31. The molecule has 2 heterocycles. The molecule has 27 heavy (non-hydrogen) atoms. The van der Waals surface area contributed by atoms with Crippen LogP contribution in [0.5, 0.6) is 5.75 Å². The van der Waals surface area contributed by atoms with E-state index in [0.29, 0.717) is 11.8 Å². The molecule has 144 valence electrons. The molecule has 0 aromatic heterocycles. The van der Waals surface area contributed by atoms with Gasteiger partial charge in [0.2, 0.25) is 0 Å². The molecule has 0 N–H and O–H groups in total. The number of nitrogens with zero attached hydrogens (tertiary/aromatic N) is 1. The minimum atomic E-state index is -0.154. The van der Waals surface area contributed by atoms with Crippen molar-refractivity contribution in [2.24, 2.45) is 5.92 Å². The Morgan fingerprint density at radius 2 is 1.78 bits per heavy atom. The Morgan fingerprint density at radius 3 is 2.44 bits per heavy atom. The van der Waals surface area contributed by atoms with Crippen LogP contribution in [0.4, 0.5) is 0 Å². The summed E-state index contributed by atoms with van der Waals surface area (Å²) in [6.07, 6.45) is 3.19. The molecule has 0 amide bonds. The lowest BCUT2D eigenvalue weighted by Gasteiger charge is -2.41. The molecule has 4 rings (SSSR count). The highest BCUT2D eigenvalue weighted by atomic mass is 127. The van der Waals surface area contributed by atoms with E-state index in [1.165, 1.54) is 5.56 Å². The number of hydrogen-bond donors (Lipinski definition) is 0. The molecule has 0 radical (unpaired) electrons. The van der Waals surface area contributed by atoms with Crippen LogP contribution >= 0.6 is 46.6 Å². The van der Waals surface area contributed by atoms with Crippen LogP contribution in [0.3, 0.4) is 0 Å². The second-order valence-electron chi connectivity index (χ2n) is 7.26. The molecular formula is C21H22Cl2INO2. The fourth-order valence-corrected chi connectivity index (χ4v) is 5.01. The molecule has 2 aromatic carbocycles. The zero-order chi connectivity index (χ0) is 18.3. The molecule has 0 spiro atoms. The standard InChI is InChI=1S/C21H21ClINO2.ClH/c1-24-16-8-11-19(24)20(18(12-16)13-2-4-14(22)5-3-13)21(25)26-17-9-6-15(23)7-10-17;/h2-7,9-10,16,18-20H,8,11-12H2,1H3;1H. The third-order valence-corrected chi connectivity index (χ3v) is 6.84. The SMILES string of the molecule is CN1C2CCC1C(C(=O)Oc1ccc(I)cc1)C(c1ccc(Cl)cc1)C2.Cl. The quantitative estimate of drug-likeness (QED) is 0.304. The third-order valence-electron chi connectivity index (χ3n) is 5.87. The number of carbonyl (C=O) groups is 1. The van der Waals surface area contributed by atoms with Gasteiger partial charge in [0, 0.05) is 26.6 Å². The van der Waals surface area contributed by atoms with Crippen LogP contribution in [0.15, 0.2) is 48.5 Å². The van der Waals surface area contributed by atoms with Gasteiger partial charge in [-0.1, -0.05) is 23.7 Å². The minimum Gasteiger partial charge on any atom is -0.426 e. The van der Waals surface area contributed by atoms with Crippen LogP contribution in [0, 0.1) is 9.49 Å². The number of halogens is 3. The predicted octanol–water partition coefficient (Wildman–Crippen LogP) is 5.54. The topological polar surface area (TPSA) is 29.5 Å². The van der Waals surface area contributed by atoms with Crippen molar-refractivity contribution in [3.8, 4) is 5.75 Å². The number of piperidine rings is 1. The van der Waals surface area contributed by atoms with Gasteiger partial charge in [-0.2, -0.15) is 0 Å². The van der Waals surface area contributed by atoms with Gasteiger partial charge in [-0.15, -0.1) is 12.4 Å². The number of benzene rings is 2. The lowest BCUT2D eigenvalue weighted by molar-refractivity contribution is -0.143. The summed E-state index contributed by atoms with van der Waals surface area (Å²) in [5.74, 6) is 0.521. The molecule has 6 heteroatoms. The fourth-order valence-electron chi connectivity index (χ4n) is 4.53. The van der Waals surface area contributed by atoms with Gasteiger partial charge >= 0.3 is 5.97 Å². The van der Waals surface area contributed by atoms with Crippen LogP contribution < -0.4 is 4.74 Å². The molecule has 2 bridgehead atoms. The number of ether oxygens (including phenoxy) is 1. The second-order valence-corrected chi connectivity index (χ2v) is 8.94. The van der Waals surface area contributed by atoms with E-state index in [9.17, 15) is 4.79 Å². The highest BCUT2D eigenvalue weighted by molar-refractivity contribution is 14.1. The average Bonchev–Trinajstić information content (AvgIpc) is 2.87. The maximum absolute atomic E-state index is 13.2. The first kappa shape index (κ1) is 20.9. The Hall–Kier alpha value is -0.820. The summed E-state index contributed by atoms with van der Waals surface area (Å²) in [4.78, 5) is 15.5. The summed E-state index contributed by atoms with van der Waals surface area (Å²) in [7, 11) is 2.14. The fraction of sp³-hybridized carbons (Fsp3) is 0.381. The van der Waals surface area contributed by atoms with E-state index in [-0.39, 0.29) is 36.3 Å². The van der Waals surface area contributed by atoms with E-state index >= 15 is 0 Å². The minimum absolute atomic E-state index is 0.